The van der Waals surface area contributed by atoms with Crippen molar-refractivity contribution < 1.29 is 4.79 Å². The lowest BCUT2D eigenvalue weighted by atomic mass is 10.2. The molecule has 0 radical (unpaired) electrons. The van der Waals surface area contributed by atoms with E-state index < -0.39 is 0 Å². The maximum absolute atomic E-state index is 12.5. The van der Waals surface area contributed by atoms with E-state index >= 15 is 0 Å². The van der Waals surface area contributed by atoms with E-state index in [1.54, 1.807) is 25.1 Å². The molecule has 5 nitrogen and oxygen atoms in total. The fourth-order valence-electron chi connectivity index (χ4n) is 2.33. The molecule has 0 atom stereocenters. The summed E-state index contributed by atoms with van der Waals surface area (Å²) in [5, 5.41) is 7.00. The second kappa shape index (κ2) is 8.17. The number of rotatable bonds is 5. The van der Waals surface area contributed by atoms with Gasteiger partial charge in [-0.25, -0.2) is 9.97 Å². The average Bonchev–Trinajstić information content (AvgIpc) is 2.62. The summed E-state index contributed by atoms with van der Waals surface area (Å²) < 4.78 is 0. The van der Waals surface area contributed by atoms with Crippen LogP contribution in [0.1, 0.15) is 21.7 Å². The van der Waals surface area contributed by atoms with Crippen LogP contribution in [0, 0.1) is 6.92 Å². The first-order valence-electron chi connectivity index (χ1n) is 7.92. The standard InChI is InChI=1S/C19H16Cl2N4O/c1-12-10-17(18(26)22-11-13-6-2-3-7-14(13)20)25-19(23-12)24-16-9-5-4-8-15(16)21/h2-10H,11H2,1H3,(H,22,26)(H,23,24,25). The van der Waals surface area contributed by atoms with Gasteiger partial charge in [-0.05, 0) is 36.8 Å². The quantitative estimate of drug-likeness (QED) is 0.662. The molecule has 2 aromatic carbocycles. The van der Waals surface area contributed by atoms with E-state index in [1.165, 1.54) is 0 Å². The molecular weight excluding hydrogens is 371 g/mol. The summed E-state index contributed by atoms with van der Waals surface area (Å²) in [6.45, 7) is 2.11. The van der Waals surface area contributed by atoms with Crippen molar-refractivity contribution in [3.8, 4) is 0 Å². The lowest BCUT2D eigenvalue weighted by molar-refractivity contribution is 0.0946. The summed E-state index contributed by atoms with van der Waals surface area (Å²) in [5.74, 6) is -0.00128. The number of benzene rings is 2. The zero-order chi connectivity index (χ0) is 18.5. The summed E-state index contributed by atoms with van der Waals surface area (Å²) in [6, 6.07) is 16.2. The van der Waals surface area contributed by atoms with Crippen molar-refractivity contribution in [2.75, 3.05) is 5.32 Å². The van der Waals surface area contributed by atoms with Gasteiger partial charge in [0.15, 0.2) is 0 Å². The van der Waals surface area contributed by atoms with E-state index in [4.69, 9.17) is 23.2 Å². The van der Waals surface area contributed by atoms with Crippen LogP contribution in [0.4, 0.5) is 11.6 Å². The van der Waals surface area contributed by atoms with Gasteiger partial charge in [0, 0.05) is 17.3 Å². The van der Waals surface area contributed by atoms with Gasteiger partial charge in [-0.1, -0.05) is 53.5 Å². The van der Waals surface area contributed by atoms with E-state index in [1.807, 2.05) is 36.4 Å². The van der Waals surface area contributed by atoms with Crippen molar-refractivity contribution in [1.29, 1.82) is 0 Å². The minimum absolute atomic E-state index is 0.263. The number of amides is 1. The second-order valence-corrected chi connectivity index (χ2v) is 6.41. The van der Waals surface area contributed by atoms with Crippen LogP contribution in [0.25, 0.3) is 0 Å². The first-order chi connectivity index (χ1) is 12.5. The maximum Gasteiger partial charge on any atom is 0.270 e. The molecule has 0 aliphatic rings. The fourth-order valence-corrected chi connectivity index (χ4v) is 2.72. The number of nitrogens with zero attached hydrogens (tertiary/aromatic N) is 2. The predicted molar refractivity (Wildman–Crippen MR) is 104 cm³/mol. The summed E-state index contributed by atoms with van der Waals surface area (Å²) in [5.41, 5.74) is 2.43. The summed E-state index contributed by atoms with van der Waals surface area (Å²) in [6.07, 6.45) is 0. The third kappa shape index (κ3) is 4.50. The van der Waals surface area contributed by atoms with Gasteiger partial charge in [0.25, 0.3) is 5.91 Å². The van der Waals surface area contributed by atoms with Crippen LogP contribution in [0.15, 0.2) is 54.6 Å². The molecule has 1 aromatic heterocycles. The van der Waals surface area contributed by atoms with Crippen molar-refractivity contribution in [3.05, 3.63) is 81.6 Å². The molecule has 1 amide bonds. The molecule has 0 spiro atoms. The molecular formula is C19H16Cl2N4O. The van der Waals surface area contributed by atoms with Gasteiger partial charge in [0.05, 0.1) is 10.7 Å². The van der Waals surface area contributed by atoms with Gasteiger partial charge in [-0.3, -0.25) is 4.79 Å². The third-order valence-corrected chi connectivity index (χ3v) is 4.30. The highest BCUT2D eigenvalue weighted by Crippen LogP contribution is 2.23. The summed E-state index contributed by atoms with van der Waals surface area (Å²) >= 11 is 12.2. The van der Waals surface area contributed by atoms with Gasteiger partial charge in [0.1, 0.15) is 5.69 Å². The van der Waals surface area contributed by atoms with Crippen molar-refractivity contribution in [1.82, 2.24) is 15.3 Å². The zero-order valence-corrected chi connectivity index (χ0v) is 15.5. The van der Waals surface area contributed by atoms with Crippen LogP contribution in [-0.2, 0) is 6.54 Å². The van der Waals surface area contributed by atoms with Gasteiger partial charge >= 0.3 is 0 Å². The minimum atomic E-state index is -0.308. The molecule has 3 rings (SSSR count). The molecule has 1 heterocycles. The predicted octanol–water partition coefficient (Wildman–Crippen LogP) is 4.77. The van der Waals surface area contributed by atoms with Gasteiger partial charge in [0.2, 0.25) is 5.95 Å². The van der Waals surface area contributed by atoms with Crippen molar-refractivity contribution in [2.24, 2.45) is 0 Å². The van der Waals surface area contributed by atoms with Gasteiger partial charge in [-0.15, -0.1) is 0 Å². The molecule has 0 aliphatic carbocycles. The van der Waals surface area contributed by atoms with Crippen LogP contribution in [0.3, 0.4) is 0 Å². The van der Waals surface area contributed by atoms with Crippen molar-refractivity contribution in [2.45, 2.75) is 13.5 Å². The first kappa shape index (κ1) is 18.2. The SMILES string of the molecule is Cc1cc(C(=O)NCc2ccccc2Cl)nc(Nc2ccccc2Cl)n1. The Kier molecular flexibility index (Phi) is 5.71. The Labute approximate surface area is 161 Å². The molecule has 132 valence electrons. The molecule has 0 saturated heterocycles. The zero-order valence-electron chi connectivity index (χ0n) is 14.0. The number of carbonyl (C=O) groups excluding carboxylic acids is 1. The Morgan fingerprint density at radius 2 is 1.69 bits per heavy atom. The van der Waals surface area contributed by atoms with E-state index in [9.17, 15) is 4.79 Å². The highest BCUT2D eigenvalue weighted by atomic mass is 35.5. The van der Waals surface area contributed by atoms with E-state index in [-0.39, 0.29) is 11.6 Å². The number of anilines is 2. The molecule has 3 aromatic rings. The lowest BCUT2D eigenvalue weighted by Gasteiger charge is -2.10. The fraction of sp³-hybridized carbons (Fsp3) is 0.105. The monoisotopic (exact) mass is 386 g/mol. The van der Waals surface area contributed by atoms with Crippen molar-refractivity contribution in [3.63, 3.8) is 0 Å². The second-order valence-electron chi connectivity index (χ2n) is 5.60. The molecule has 7 heteroatoms. The lowest BCUT2D eigenvalue weighted by Crippen LogP contribution is -2.24. The number of aromatic nitrogens is 2. The largest absolute Gasteiger partial charge is 0.347 e. The summed E-state index contributed by atoms with van der Waals surface area (Å²) in [7, 11) is 0. The van der Waals surface area contributed by atoms with Crippen LogP contribution in [0.5, 0.6) is 0 Å². The highest BCUT2D eigenvalue weighted by Gasteiger charge is 2.12. The van der Waals surface area contributed by atoms with E-state index in [0.717, 1.165) is 5.56 Å². The smallest absolute Gasteiger partial charge is 0.270 e. The van der Waals surface area contributed by atoms with E-state index in [0.29, 0.717) is 33.9 Å². The van der Waals surface area contributed by atoms with Crippen LogP contribution < -0.4 is 10.6 Å². The number of carbonyl (C=O) groups is 1. The molecule has 0 fully saturated rings. The summed E-state index contributed by atoms with van der Waals surface area (Å²) in [4.78, 5) is 21.0. The van der Waals surface area contributed by atoms with E-state index in [2.05, 4.69) is 20.6 Å². The Hall–Kier alpha value is -2.63. The molecule has 26 heavy (non-hydrogen) atoms. The van der Waals surface area contributed by atoms with Gasteiger partial charge in [-0.2, -0.15) is 0 Å². The van der Waals surface area contributed by atoms with Gasteiger partial charge < -0.3 is 10.6 Å². The minimum Gasteiger partial charge on any atom is -0.347 e. The van der Waals surface area contributed by atoms with Crippen LogP contribution in [0.2, 0.25) is 10.0 Å². The first-order valence-corrected chi connectivity index (χ1v) is 8.67. The molecule has 0 unspecified atom stereocenters. The molecule has 0 saturated carbocycles. The van der Waals surface area contributed by atoms with Crippen molar-refractivity contribution >= 4 is 40.7 Å². The topological polar surface area (TPSA) is 66.9 Å². The number of hydrogen-bond acceptors (Lipinski definition) is 4. The average molecular weight is 387 g/mol. The number of aryl methyl sites for hydroxylation is 1. The number of nitrogens with one attached hydrogen (secondary N) is 2. The Morgan fingerprint density at radius 1 is 1.00 bits per heavy atom. The molecule has 0 aliphatic heterocycles. The highest BCUT2D eigenvalue weighted by molar-refractivity contribution is 6.33. The molecule has 2 N–H and O–H groups in total. The normalized spacial score (nSPS) is 10.4. The Morgan fingerprint density at radius 3 is 2.42 bits per heavy atom. The number of hydrogen-bond donors (Lipinski definition) is 2. The Bertz CT molecular complexity index is 946. The number of halogens is 2. The Balaban J connectivity index is 1.75. The van der Waals surface area contributed by atoms with Crippen LogP contribution >= 0.6 is 23.2 Å². The molecule has 0 bridgehead atoms. The third-order valence-electron chi connectivity index (χ3n) is 3.60. The maximum atomic E-state index is 12.5. The van der Waals surface area contributed by atoms with Crippen LogP contribution in [-0.4, -0.2) is 15.9 Å². The number of para-hydroxylation sites is 1.